The van der Waals surface area contributed by atoms with Crippen molar-refractivity contribution < 1.29 is 0 Å². The Kier molecular flexibility index (Phi) is 8.15. The molecule has 2 fully saturated rings. The van der Waals surface area contributed by atoms with Gasteiger partial charge in [-0.05, 0) is 48.5 Å². The average molecular weight is 512 g/mol. The van der Waals surface area contributed by atoms with Crippen molar-refractivity contribution in [1.82, 2.24) is 30.2 Å². The summed E-state index contributed by atoms with van der Waals surface area (Å²) in [5.41, 5.74) is 5.37. The van der Waals surface area contributed by atoms with Crippen LogP contribution in [0.25, 0.3) is 28.2 Å². The van der Waals surface area contributed by atoms with Gasteiger partial charge in [0.2, 0.25) is 0 Å². The van der Waals surface area contributed by atoms with Crippen LogP contribution in [0.1, 0.15) is 5.56 Å². The van der Waals surface area contributed by atoms with Gasteiger partial charge in [0.25, 0.3) is 0 Å². The van der Waals surface area contributed by atoms with Crippen LogP contribution in [-0.4, -0.2) is 91.3 Å². The van der Waals surface area contributed by atoms with Crippen molar-refractivity contribution in [3.05, 3.63) is 67.3 Å². The minimum Gasteiger partial charge on any atom is -0.387 e. The standard InChI is InChI=1S/C18H22N6.C11H15N3/c1-19-14-10-15-16(12-22-18(15)21-11-14)13-3-4-20-17(9-13)24-7-5-23(2)6-8-24;1-2-10-3-4-13-11(9-10)14-7-5-12-6-8-14/h3-4,9-12,19H,5-8H2,1-2H3,(H,21,22);2-4,9,12H,1,5-8H2. The van der Waals surface area contributed by atoms with Gasteiger partial charge in [-0.25, -0.2) is 15.0 Å². The van der Waals surface area contributed by atoms with Gasteiger partial charge in [0, 0.05) is 88.9 Å². The molecule has 4 aromatic rings. The maximum absolute atomic E-state index is 4.58. The molecule has 0 spiro atoms. The average Bonchev–Trinajstić information content (AvgIpc) is 3.42. The number of aromatic amines is 1. The van der Waals surface area contributed by atoms with Crippen LogP contribution < -0.4 is 20.4 Å². The van der Waals surface area contributed by atoms with Gasteiger partial charge in [-0.2, -0.15) is 0 Å². The summed E-state index contributed by atoms with van der Waals surface area (Å²) in [5, 5.41) is 7.60. The predicted octanol–water partition coefficient (Wildman–Crippen LogP) is 3.55. The van der Waals surface area contributed by atoms with Crippen LogP contribution in [0, 0.1) is 0 Å². The number of nitrogens with zero attached hydrogens (tertiary/aromatic N) is 6. The fourth-order valence-electron chi connectivity index (χ4n) is 4.80. The minimum absolute atomic E-state index is 0.905. The second kappa shape index (κ2) is 12.1. The van der Waals surface area contributed by atoms with Crippen LogP contribution >= 0.6 is 0 Å². The number of fused-ring (bicyclic) bond motifs is 1. The van der Waals surface area contributed by atoms with E-state index in [0.29, 0.717) is 0 Å². The molecule has 9 nitrogen and oxygen atoms in total. The van der Waals surface area contributed by atoms with Crippen molar-refractivity contribution >= 4 is 34.4 Å². The fraction of sp³-hybridized carbons (Fsp3) is 0.345. The lowest BCUT2D eigenvalue weighted by Gasteiger charge is -2.33. The summed E-state index contributed by atoms with van der Waals surface area (Å²) in [7, 11) is 4.08. The predicted molar refractivity (Wildman–Crippen MR) is 158 cm³/mol. The van der Waals surface area contributed by atoms with E-state index in [2.05, 4.69) is 83.2 Å². The van der Waals surface area contributed by atoms with Crippen LogP contribution in [0.5, 0.6) is 0 Å². The maximum atomic E-state index is 4.58. The summed E-state index contributed by atoms with van der Waals surface area (Å²) < 4.78 is 0. The second-order valence-corrected chi connectivity index (χ2v) is 9.65. The molecule has 0 aromatic carbocycles. The maximum Gasteiger partial charge on any atom is 0.138 e. The molecule has 2 aliphatic rings. The van der Waals surface area contributed by atoms with Crippen LogP contribution in [0.2, 0.25) is 0 Å². The molecular formula is C29H37N9. The molecule has 38 heavy (non-hydrogen) atoms. The molecule has 9 heteroatoms. The molecule has 0 unspecified atom stereocenters. The third kappa shape index (κ3) is 5.95. The third-order valence-corrected chi connectivity index (χ3v) is 7.15. The van der Waals surface area contributed by atoms with Gasteiger partial charge < -0.3 is 30.3 Å². The van der Waals surface area contributed by atoms with Crippen molar-refractivity contribution in [2.24, 2.45) is 0 Å². The van der Waals surface area contributed by atoms with E-state index in [-0.39, 0.29) is 0 Å². The molecule has 6 heterocycles. The van der Waals surface area contributed by atoms with Crippen molar-refractivity contribution in [2.45, 2.75) is 0 Å². The van der Waals surface area contributed by atoms with Crippen LogP contribution in [0.3, 0.4) is 0 Å². The van der Waals surface area contributed by atoms with Gasteiger partial charge in [-0.1, -0.05) is 12.7 Å². The van der Waals surface area contributed by atoms with E-state index < -0.39 is 0 Å². The molecule has 6 rings (SSSR count). The Morgan fingerprint density at radius 1 is 0.895 bits per heavy atom. The number of anilines is 3. The molecule has 0 bridgehead atoms. The first-order valence-corrected chi connectivity index (χ1v) is 13.2. The largest absolute Gasteiger partial charge is 0.387 e. The number of pyridine rings is 3. The van der Waals surface area contributed by atoms with E-state index in [1.54, 1.807) is 0 Å². The summed E-state index contributed by atoms with van der Waals surface area (Å²) in [6.07, 6.45) is 9.46. The molecule has 0 aliphatic carbocycles. The summed E-state index contributed by atoms with van der Waals surface area (Å²) >= 11 is 0. The zero-order valence-corrected chi connectivity index (χ0v) is 22.3. The topological polar surface area (TPSA) is 88.2 Å². The molecule has 0 saturated carbocycles. The molecule has 0 amide bonds. The van der Waals surface area contributed by atoms with Gasteiger partial charge in [-0.3, -0.25) is 0 Å². The monoisotopic (exact) mass is 511 g/mol. The van der Waals surface area contributed by atoms with Gasteiger partial charge in [0.1, 0.15) is 17.3 Å². The third-order valence-electron chi connectivity index (χ3n) is 7.15. The summed E-state index contributed by atoms with van der Waals surface area (Å²) in [6, 6.07) is 10.4. The minimum atomic E-state index is 0.905. The van der Waals surface area contributed by atoms with E-state index in [1.165, 1.54) is 5.56 Å². The van der Waals surface area contributed by atoms with E-state index in [1.807, 2.05) is 44.0 Å². The highest BCUT2D eigenvalue weighted by Gasteiger charge is 2.17. The number of H-pyrrole nitrogens is 1. The molecule has 198 valence electrons. The van der Waals surface area contributed by atoms with Crippen molar-refractivity contribution in [3.63, 3.8) is 0 Å². The number of aromatic nitrogens is 4. The highest BCUT2D eigenvalue weighted by atomic mass is 15.3. The van der Waals surface area contributed by atoms with Crippen molar-refractivity contribution in [3.8, 4) is 11.1 Å². The first kappa shape index (κ1) is 25.7. The lowest BCUT2D eigenvalue weighted by atomic mass is 10.1. The number of likely N-dealkylation sites (N-methyl/N-ethyl adjacent to an activating group) is 1. The molecule has 0 atom stereocenters. The zero-order valence-electron chi connectivity index (χ0n) is 22.3. The van der Waals surface area contributed by atoms with Crippen molar-refractivity contribution in [2.75, 3.05) is 81.6 Å². The molecule has 4 aromatic heterocycles. The Hall–Kier alpha value is -3.95. The number of nitrogens with one attached hydrogen (secondary N) is 3. The van der Waals surface area contributed by atoms with Crippen molar-refractivity contribution in [1.29, 1.82) is 0 Å². The Bertz CT molecular complexity index is 1350. The van der Waals surface area contributed by atoms with E-state index >= 15 is 0 Å². The highest BCUT2D eigenvalue weighted by molar-refractivity contribution is 5.95. The normalized spacial score (nSPS) is 16.2. The number of piperazine rings is 2. The Morgan fingerprint density at radius 3 is 2.34 bits per heavy atom. The Labute approximate surface area is 224 Å². The smallest absolute Gasteiger partial charge is 0.138 e. The van der Waals surface area contributed by atoms with Gasteiger partial charge >= 0.3 is 0 Å². The Balaban J connectivity index is 0.000000179. The quantitative estimate of drug-likeness (QED) is 0.375. The molecular weight excluding hydrogens is 474 g/mol. The zero-order chi connectivity index (χ0) is 26.3. The van der Waals surface area contributed by atoms with Gasteiger partial charge in [0.15, 0.2) is 0 Å². The summed E-state index contributed by atoms with van der Waals surface area (Å²) in [6.45, 7) is 12.1. The van der Waals surface area contributed by atoms with Crippen LogP contribution in [-0.2, 0) is 0 Å². The van der Waals surface area contributed by atoms with Crippen LogP contribution in [0.4, 0.5) is 17.3 Å². The second-order valence-electron chi connectivity index (χ2n) is 9.65. The SMILES string of the molecule is C=Cc1ccnc(N2CCNCC2)c1.CNc1cnc2[nH]cc(-c3ccnc(N4CCN(C)CC4)c3)c2c1. The van der Waals surface area contributed by atoms with Crippen LogP contribution in [0.15, 0.2) is 61.7 Å². The summed E-state index contributed by atoms with van der Waals surface area (Å²) in [5.74, 6) is 2.11. The first-order valence-electron chi connectivity index (χ1n) is 13.2. The lowest BCUT2D eigenvalue weighted by Crippen LogP contribution is -2.44. The molecule has 3 N–H and O–H groups in total. The Morgan fingerprint density at radius 2 is 1.61 bits per heavy atom. The fourth-order valence-corrected chi connectivity index (χ4v) is 4.80. The summed E-state index contributed by atoms with van der Waals surface area (Å²) in [4.78, 5) is 23.7. The van der Waals surface area contributed by atoms with E-state index in [0.717, 1.165) is 91.8 Å². The molecule has 0 radical (unpaired) electrons. The van der Waals surface area contributed by atoms with E-state index in [4.69, 9.17) is 0 Å². The molecule has 2 saturated heterocycles. The number of rotatable bonds is 5. The number of hydrogen-bond donors (Lipinski definition) is 3. The number of hydrogen-bond acceptors (Lipinski definition) is 8. The van der Waals surface area contributed by atoms with E-state index in [9.17, 15) is 0 Å². The first-order chi connectivity index (χ1) is 18.6. The highest BCUT2D eigenvalue weighted by Crippen LogP contribution is 2.31. The lowest BCUT2D eigenvalue weighted by molar-refractivity contribution is 0.312. The van der Waals surface area contributed by atoms with Gasteiger partial charge in [-0.15, -0.1) is 0 Å². The molecule has 2 aliphatic heterocycles. The van der Waals surface area contributed by atoms with Gasteiger partial charge in [0.05, 0.1) is 11.9 Å².